The fourth-order valence-corrected chi connectivity index (χ4v) is 3.50. The summed E-state index contributed by atoms with van der Waals surface area (Å²) >= 11 is 0. The second kappa shape index (κ2) is 35.9. The van der Waals surface area contributed by atoms with Gasteiger partial charge in [0.1, 0.15) is 0 Å². The molecule has 1 fully saturated rings. The fourth-order valence-electron chi connectivity index (χ4n) is 3.50. The van der Waals surface area contributed by atoms with Crippen LogP contribution in [0.4, 0.5) is 0 Å². The Morgan fingerprint density at radius 3 is 2.09 bits per heavy atom. The van der Waals surface area contributed by atoms with Crippen molar-refractivity contribution in [2.45, 2.75) is 97.3 Å². The molecular formula is C29H57IrNO4. The van der Waals surface area contributed by atoms with Crippen LogP contribution in [0.3, 0.4) is 0 Å². The standard InChI is InChI=1S/C18H39NO3.C7H10O.C4H8.Ir/c1-4-6-7-11-17(10-5-2)14-19-13-9-8-12-18(15-21-3)16-22-20;1-3-5-7-8-6-4-2;1-2-4-3-1;/h17-20H,4-16H2,1-3H3;4-5H,1-2,6-7H2;1-4H2;. The van der Waals surface area contributed by atoms with Gasteiger partial charge >= 0.3 is 0 Å². The Bertz CT molecular complexity index is 430. The maximum absolute atomic E-state index is 8.54. The molecule has 5 nitrogen and oxygen atoms in total. The fraction of sp³-hybridized carbons (Fsp3) is 0.828. The second-order valence-corrected chi connectivity index (χ2v) is 9.12. The summed E-state index contributed by atoms with van der Waals surface area (Å²) in [6.07, 6.45) is 20.9. The van der Waals surface area contributed by atoms with Gasteiger partial charge in [0, 0.05) is 33.1 Å². The van der Waals surface area contributed by atoms with Gasteiger partial charge < -0.3 is 14.8 Å². The van der Waals surface area contributed by atoms with Gasteiger partial charge in [-0.1, -0.05) is 84.3 Å². The van der Waals surface area contributed by atoms with E-state index < -0.39 is 0 Å². The minimum Gasteiger partial charge on any atom is -0.384 e. The molecular weight excluding hydrogens is 619 g/mol. The summed E-state index contributed by atoms with van der Waals surface area (Å²) in [6, 6.07) is 0. The van der Waals surface area contributed by atoms with E-state index in [0.717, 1.165) is 25.3 Å². The molecule has 6 heteroatoms. The molecule has 0 bridgehead atoms. The molecule has 0 aromatic rings. The van der Waals surface area contributed by atoms with E-state index in [-0.39, 0.29) is 20.1 Å². The molecule has 2 unspecified atom stereocenters. The summed E-state index contributed by atoms with van der Waals surface area (Å²) in [6.45, 7) is 15.9. The first kappa shape index (κ1) is 39.2. The number of methoxy groups -OCH3 is 1. The first-order valence-electron chi connectivity index (χ1n) is 13.7. The van der Waals surface area contributed by atoms with Gasteiger partial charge in [0.2, 0.25) is 0 Å². The molecule has 0 saturated heterocycles. The molecule has 2 N–H and O–H groups in total. The van der Waals surface area contributed by atoms with Crippen LogP contribution in [0.25, 0.3) is 0 Å². The summed E-state index contributed by atoms with van der Waals surface area (Å²) in [5, 5.41) is 12.2. The molecule has 1 radical (unpaired) electrons. The Kier molecular flexibility index (Phi) is 40.2. The maximum Gasteiger partial charge on any atom is 0.0869 e. The number of ether oxygens (including phenoxy) is 2. The van der Waals surface area contributed by atoms with Gasteiger partial charge in [0.15, 0.2) is 0 Å². The SMILES string of the molecule is C1CCC1.C=C=CCOCC=C.CCCCCC(CCC)CNCCCCC(COC)COO.[Ir]. The topological polar surface area (TPSA) is 60.0 Å². The third kappa shape index (κ3) is 33.7. The average Bonchev–Trinajstić information content (AvgIpc) is 2.79. The minimum absolute atomic E-state index is 0. The van der Waals surface area contributed by atoms with Crippen LogP contribution in [-0.2, 0) is 34.5 Å². The summed E-state index contributed by atoms with van der Waals surface area (Å²) in [5.41, 5.74) is 2.59. The Hall–Kier alpha value is -0.291. The van der Waals surface area contributed by atoms with Gasteiger partial charge in [-0.25, -0.2) is 4.89 Å². The van der Waals surface area contributed by atoms with Crippen LogP contribution in [0, 0.1) is 11.8 Å². The van der Waals surface area contributed by atoms with Crippen molar-refractivity contribution in [3.8, 4) is 0 Å². The molecule has 35 heavy (non-hydrogen) atoms. The van der Waals surface area contributed by atoms with Crippen LogP contribution in [-0.4, -0.2) is 51.9 Å². The van der Waals surface area contributed by atoms with E-state index in [2.05, 4.69) is 42.9 Å². The van der Waals surface area contributed by atoms with Crippen LogP contribution in [0.5, 0.6) is 0 Å². The summed E-state index contributed by atoms with van der Waals surface area (Å²) in [4.78, 5) is 4.24. The number of nitrogens with one attached hydrogen (secondary N) is 1. The van der Waals surface area contributed by atoms with Gasteiger partial charge in [-0.15, -0.1) is 12.3 Å². The molecule has 1 rings (SSSR count). The second-order valence-electron chi connectivity index (χ2n) is 9.12. The van der Waals surface area contributed by atoms with Crippen LogP contribution in [0.2, 0.25) is 0 Å². The third-order valence-electron chi connectivity index (χ3n) is 5.86. The van der Waals surface area contributed by atoms with Crippen molar-refractivity contribution in [2.24, 2.45) is 11.8 Å². The monoisotopic (exact) mass is 676 g/mol. The predicted octanol–water partition coefficient (Wildman–Crippen LogP) is 7.58. The van der Waals surface area contributed by atoms with E-state index in [4.69, 9.17) is 14.7 Å². The van der Waals surface area contributed by atoms with Crippen molar-refractivity contribution in [1.82, 2.24) is 5.32 Å². The van der Waals surface area contributed by atoms with Gasteiger partial charge in [-0.05, 0) is 50.8 Å². The first-order valence-corrected chi connectivity index (χ1v) is 13.7. The van der Waals surface area contributed by atoms with E-state index in [1.54, 1.807) is 19.3 Å². The third-order valence-corrected chi connectivity index (χ3v) is 5.86. The zero-order valence-electron chi connectivity index (χ0n) is 23.2. The van der Waals surface area contributed by atoms with Crippen molar-refractivity contribution in [2.75, 3.05) is 46.6 Å². The Labute approximate surface area is 231 Å². The zero-order chi connectivity index (χ0) is 25.5. The van der Waals surface area contributed by atoms with Crippen LogP contribution in [0.15, 0.2) is 31.0 Å². The minimum atomic E-state index is 0. The quantitative estimate of drug-likeness (QED) is 0.0432. The number of rotatable bonds is 21. The van der Waals surface area contributed by atoms with Crippen LogP contribution >= 0.6 is 0 Å². The van der Waals surface area contributed by atoms with Gasteiger partial charge in [0.25, 0.3) is 0 Å². The number of hydrogen-bond donors (Lipinski definition) is 2. The zero-order valence-corrected chi connectivity index (χ0v) is 25.6. The summed E-state index contributed by atoms with van der Waals surface area (Å²) in [5.74, 6) is 1.15. The van der Waals surface area contributed by atoms with Crippen molar-refractivity contribution in [3.63, 3.8) is 0 Å². The van der Waals surface area contributed by atoms with Gasteiger partial charge in [0.05, 0.1) is 26.4 Å². The van der Waals surface area contributed by atoms with Crippen LogP contribution < -0.4 is 5.32 Å². The van der Waals surface area contributed by atoms with Crippen molar-refractivity contribution in [3.05, 3.63) is 31.0 Å². The molecule has 0 aromatic carbocycles. The molecule has 211 valence electrons. The average molecular weight is 676 g/mol. The molecule has 0 spiro atoms. The van der Waals surface area contributed by atoms with E-state index in [0.29, 0.717) is 32.3 Å². The first-order chi connectivity index (χ1) is 16.7. The number of hydrogen-bond acceptors (Lipinski definition) is 5. The predicted molar refractivity (Wildman–Crippen MR) is 146 cm³/mol. The van der Waals surface area contributed by atoms with Crippen molar-refractivity contribution in [1.29, 1.82) is 0 Å². The summed E-state index contributed by atoms with van der Waals surface area (Å²) in [7, 11) is 1.69. The molecule has 0 aromatic heterocycles. The molecule has 2 atom stereocenters. The number of unbranched alkanes of at least 4 members (excludes halogenated alkanes) is 3. The smallest absolute Gasteiger partial charge is 0.0869 e. The van der Waals surface area contributed by atoms with Crippen LogP contribution in [0.1, 0.15) is 97.3 Å². The molecule has 1 aliphatic carbocycles. The van der Waals surface area contributed by atoms with E-state index in [1.807, 2.05) is 0 Å². The normalized spacial score (nSPS) is 13.4. The van der Waals surface area contributed by atoms with Gasteiger partial charge in [-0.3, -0.25) is 5.26 Å². The Morgan fingerprint density at radius 1 is 0.914 bits per heavy atom. The Morgan fingerprint density at radius 2 is 1.57 bits per heavy atom. The molecule has 1 saturated carbocycles. The Balaban J connectivity index is -0.000000641. The largest absolute Gasteiger partial charge is 0.384 e. The van der Waals surface area contributed by atoms with Crippen molar-refractivity contribution < 1.29 is 39.7 Å². The maximum atomic E-state index is 8.54. The molecule has 0 aliphatic heterocycles. The summed E-state index contributed by atoms with van der Waals surface area (Å²) < 4.78 is 10.1. The van der Waals surface area contributed by atoms with Gasteiger partial charge in [-0.2, -0.15) is 0 Å². The molecule has 1 aliphatic rings. The van der Waals surface area contributed by atoms with E-state index >= 15 is 0 Å². The van der Waals surface area contributed by atoms with E-state index in [1.165, 1.54) is 77.2 Å². The molecule has 0 amide bonds. The molecule has 0 heterocycles. The van der Waals surface area contributed by atoms with E-state index in [9.17, 15) is 0 Å². The van der Waals surface area contributed by atoms with Crippen molar-refractivity contribution >= 4 is 0 Å².